The van der Waals surface area contributed by atoms with Gasteiger partial charge in [-0.1, -0.05) is 34.3 Å². The first-order valence-corrected chi connectivity index (χ1v) is 24.4. The van der Waals surface area contributed by atoms with Gasteiger partial charge in [0.05, 0.1) is 47.1 Å². The van der Waals surface area contributed by atoms with Crippen LogP contribution in [0.15, 0.2) is 49.2 Å². The third-order valence-corrected chi connectivity index (χ3v) is 14.7. The highest BCUT2D eigenvalue weighted by atomic mass is 28.1. The Labute approximate surface area is 402 Å². The number of cyclic esters (lactones) is 1. The molecule has 0 saturated carbocycles. The molecule has 6 heterocycles. The number of hydrogen-bond acceptors (Lipinski definition) is 11. The highest BCUT2D eigenvalue weighted by Gasteiger charge is 2.48. The number of benzene rings is 1. The molecule has 3 radical (unpaired) electrons. The van der Waals surface area contributed by atoms with Crippen molar-refractivity contribution in [3.63, 3.8) is 0 Å². The fraction of sp³-hybridized carbons (Fsp3) is 0.600. The Hall–Kier alpha value is -5.17. The molecule has 0 spiro atoms. The molecule has 4 amide bonds. The van der Waals surface area contributed by atoms with Gasteiger partial charge in [0.15, 0.2) is 5.67 Å². The molecule has 4 aliphatic rings. The number of esters is 1. The second-order valence-electron chi connectivity index (χ2n) is 20.0. The first kappa shape index (κ1) is 50.7. The summed E-state index contributed by atoms with van der Waals surface area (Å²) in [6.45, 7) is 17.6. The summed E-state index contributed by atoms with van der Waals surface area (Å²) in [5.41, 5.74) is 6.14. The number of likely N-dealkylation sites (tertiary alicyclic amines) is 1. The first-order chi connectivity index (χ1) is 32.2. The number of halogens is 1. The number of hydrazine groups is 1. The molecule has 1 aromatic carbocycles. The van der Waals surface area contributed by atoms with Crippen LogP contribution in [0.5, 0.6) is 0 Å². The van der Waals surface area contributed by atoms with E-state index in [1.54, 1.807) is 27.2 Å². The third-order valence-electron chi connectivity index (χ3n) is 14.1. The van der Waals surface area contributed by atoms with Crippen LogP contribution in [0.25, 0.3) is 22.2 Å². The number of carbonyl (C=O) groups is 5. The van der Waals surface area contributed by atoms with Gasteiger partial charge in [-0.15, -0.1) is 0 Å². The van der Waals surface area contributed by atoms with Crippen molar-refractivity contribution < 1.29 is 42.6 Å². The Morgan fingerprint density at radius 3 is 2.53 bits per heavy atom. The third kappa shape index (κ3) is 10.2. The van der Waals surface area contributed by atoms with Gasteiger partial charge < -0.3 is 38.8 Å². The second kappa shape index (κ2) is 20.4. The lowest BCUT2D eigenvalue weighted by Crippen LogP contribution is -2.68. The summed E-state index contributed by atoms with van der Waals surface area (Å²) in [6.07, 6.45) is 3.03. The van der Waals surface area contributed by atoms with Gasteiger partial charge in [0.1, 0.15) is 17.2 Å². The number of amides is 4. The van der Waals surface area contributed by atoms with E-state index in [4.69, 9.17) is 19.2 Å². The summed E-state index contributed by atoms with van der Waals surface area (Å²) in [5, 5.41) is 3.89. The minimum absolute atomic E-state index is 0.0273. The van der Waals surface area contributed by atoms with Gasteiger partial charge in [0.25, 0.3) is 11.8 Å². The number of aromatic nitrogens is 2. The van der Waals surface area contributed by atoms with E-state index < -0.39 is 64.0 Å². The lowest BCUT2D eigenvalue weighted by atomic mass is 9.84. The van der Waals surface area contributed by atoms with E-state index >= 15 is 4.39 Å². The van der Waals surface area contributed by atoms with Gasteiger partial charge in [0, 0.05) is 106 Å². The van der Waals surface area contributed by atoms with Crippen molar-refractivity contribution >= 4 is 56.4 Å². The molecule has 7 rings (SSSR count). The number of hydrogen-bond donors (Lipinski definition) is 2. The molecule has 0 unspecified atom stereocenters. The van der Waals surface area contributed by atoms with Crippen molar-refractivity contribution in [1.82, 2.24) is 35.1 Å². The van der Waals surface area contributed by atoms with Gasteiger partial charge in [-0.3, -0.25) is 34.0 Å². The molecule has 3 fully saturated rings. The number of alkyl halides is 1. The van der Waals surface area contributed by atoms with Crippen molar-refractivity contribution in [2.45, 2.75) is 122 Å². The number of ether oxygens (including phenoxy) is 3. The number of morpholine rings is 1. The van der Waals surface area contributed by atoms with Crippen LogP contribution in [0, 0.1) is 11.3 Å². The van der Waals surface area contributed by atoms with Gasteiger partial charge in [-0.05, 0) is 81.0 Å². The lowest BCUT2D eigenvalue weighted by Gasteiger charge is -2.43. The predicted octanol–water partition coefficient (Wildman–Crippen LogP) is 4.63. The smallest absolute Gasteiger partial charge is 0.323 e. The van der Waals surface area contributed by atoms with Gasteiger partial charge >= 0.3 is 5.97 Å². The second-order valence-corrected chi connectivity index (χ2v) is 20.8. The minimum Gasteiger partial charge on any atom is -0.464 e. The number of piperidine rings is 1. The van der Waals surface area contributed by atoms with E-state index in [0.29, 0.717) is 45.5 Å². The number of rotatable bonds is 10. The molecule has 3 aromatic rings. The van der Waals surface area contributed by atoms with Crippen LogP contribution < -0.4 is 15.6 Å². The molecule has 0 aliphatic carbocycles. The summed E-state index contributed by atoms with van der Waals surface area (Å²) in [5.74, 6) is -3.42. The number of pyridine rings is 1. The fourth-order valence-corrected chi connectivity index (χ4v) is 10.8. The minimum atomic E-state index is -2.30. The van der Waals surface area contributed by atoms with Crippen LogP contribution in [0.1, 0.15) is 91.0 Å². The van der Waals surface area contributed by atoms with Crippen molar-refractivity contribution in [2.24, 2.45) is 11.3 Å². The number of fused-ring (bicyclic) bond motifs is 6. The van der Waals surface area contributed by atoms with E-state index in [1.165, 1.54) is 17.0 Å². The van der Waals surface area contributed by atoms with Crippen molar-refractivity contribution in [2.75, 3.05) is 65.0 Å². The van der Waals surface area contributed by atoms with Crippen LogP contribution in [-0.4, -0.2) is 153 Å². The maximum absolute atomic E-state index is 16.5. The summed E-state index contributed by atoms with van der Waals surface area (Å²) in [7, 11) is 6.78. The van der Waals surface area contributed by atoms with E-state index in [9.17, 15) is 24.0 Å². The van der Waals surface area contributed by atoms with Gasteiger partial charge in [-0.2, -0.15) is 0 Å². The number of likely N-dealkylation sites (N-methyl/N-ethyl adjacent to an activating group) is 1. The molecule has 2 aromatic heterocycles. The number of anilines is 1. The van der Waals surface area contributed by atoms with E-state index in [1.807, 2.05) is 13.0 Å². The Morgan fingerprint density at radius 1 is 1.12 bits per heavy atom. The summed E-state index contributed by atoms with van der Waals surface area (Å²) >= 11 is 0. The summed E-state index contributed by atoms with van der Waals surface area (Å²) in [4.78, 5) is 79.4. The highest BCUT2D eigenvalue weighted by Crippen LogP contribution is 2.42. The molecule has 16 nitrogen and oxygen atoms in total. The first-order valence-electron chi connectivity index (χ1n) is 23.9. The quantitative estimate of drug-likeness (QED) is 0.165. The molecule has 2 N–H and O–H groups in total. The number of nitrogens with one attached hydrogen (secondary N) is 2. The number of carbonyl (C=O) groups excluding carboxylic acids is 5. The average molecular weight is 956 g/mol. The van der Waals surface area contributed by atoms with Crippen LogP contribution in [0.2, 0.25) is 0 Å². The average Bonchev–Trinajstić information content (AvgIpc) is 3.63. The number of methoxy groups -OCH3 is 1. The van der Waals surface area contributed by atoms with Crippen LogP contribution in [-0.2, 0) is 51.1 Å². The normalized spacial score (nSPS) is 24.2. The SMILES string of the molecule is C=CC(=O)N1CCC(F)(C(=O)N(C)[C@H](C(=O)N[C@H]2C[C@H]3CN(CCO3)c3ccc4c(c3)c(c(-c3cccnc3[C@H](C)OC)n4CC)CC(C)(C)COC(=O)[C@@]3([Si])CCCN(N3)C2=O)C(C)C)CC1. The largest absolute Gasteiger partial charge is 0.464 e. The fourth-order valence-electron chi connectivity index (χ4n) is 10.4. The molecule has 6 bridgehead atoms. The van der Waals surface area contributed by atoms with Crippen LogP contribution >= 0.6 is 0 Å². The van der Waals surface area contributed by atoms with Crippen molar-refractivity contribution in [3.8, 4) is 11.3 Å². The highest BCUT2D eigenvalue weighted by molar-refractivity contribution is 6.27. The summed E-state index contributed by atoms with van der Waals surface area (Å²) < 4.78 is 37.1. The molecule has 68 heavy (non-hydrogen) atoms. The Bertz CT molecular complexity index is 2400. The zero-order valence-corrected chi connectivity index (χ0v) is 41.9. The number of nitrogens with zero attached hydrogens (tertiary/aromatic N) is 6. The van der Waals surface area contributed by atoms with Gasteiger partial charge in [0.2, 0.25) is 11.8 Å². The molecule has 4 aliphatic heterocycles. The zero-order valence-electron chi connectivity index (χ0n) is 40.9. The monoisotopic (exact) mass is 955 g/mol. The molecule has 3 saturated heterocycles. The Balaban J connectivity index is 1.25. The molecule has 367 valence electrons. The Morgan fingerprint density at radius 2 is 1.85 bits per heavy atom. The molecular formula is C50H68FN8O8Si. The zero-order chi connectivity index (χ0) is 49.3. The predicted molar refractivity (Wildman–Crippen MR) is 257 cm³/mol. The van der Waals surface area contributed by atoms with E-state index in [0.717, 1.165) is 50.1 Å². The number of aryl methyl sites for hydroxylation is 1. The maximum atomic E-state index is 16.5. The van der Waals surface area contributed by atoms with E-state index in [2.05, 4.69) is 82.1 Å². The van der Waals surface area contributed by atoms with Crippen LogP contribution in [0.3, 0.4) is 0 Å². The lowest BCUT2D eigenvalue weighted by molar-refractivity contribution is -0.159. The maximum Gasteiger partial charge on any atom is 0.323 e. The van der Waals surface area contributed by atoms with Gasteiger partial charge in [-0.25, -0.2) is 9.82 Å². The van der Waals surface area contributed by atoms with Crippen molar-refractivity contribution in [1.29, 1.82) is 0 Å². The Kier molecular flexibility index (Phi) is 15.2. The molecule has 18 heteroatoms. The van der Waals surface area contributed by atoms with E-state index in [-0.39, 0.29) is 57.5 Å². The van der Waals surface area contributed by atoms with Crippen LogP contribution in [0.4, 0.5) is 10.1 Å². The standard InChI is InChI=1S/C50H68FN8O8Si/c1-10-40(60)56-22-18-49(51,19-23-56)46(63)55(8)42(31(3)4)44(61)53-38-27-34-29-57(24-25-66-34)33-15-16-39-36(26-33)37(43(58(39)11-2)35-14-12-20-52-41(35)32(5)65-9)28-48(6,7)30-67-47(64)50(68)17-13-21-59(54-50)45(38)62/h10,12,14-16,20,26,31-32,34,38,42,54H,1,11,13,17-19,21-25,27-30H2,2-9H3,(H,53,61)/t32-,34-,38-,42-,50-/m0/s1. The van der Waals surface area contributed by atoms with Crippen molar-refractivity contribution in [3.05, 3.63) is 60.4 Å². The topological polar surface area (TPSA) is 168 Å². The molecule has 5 atom stereocenters. The summed E-state index contributed by atoms with van der Waals surface area (Å²) in [6, 6.07) is 8.14. The molecular weight excluding hydrogens is 888 g/mol.